The minimum Gasteiger partial charge on any atom is -0.389 e. The molecule has 1 aliphatic rings. The number of piperidine rings is 1. The van der Waals surface area contributed by atoms with Crippen molar-refractivity contribution in [3.8, 4) is 0 Å². The van der Waals surface area contributed by atoms with E-state index in [4.69, 9.17) is 18.0 Å². The topological polar surface area (TPSA) is 41.3 Å². The first-order valence-electron chi connectivity index (χ1n) is 7.47. The van der Waals surface area contributed by atoms with Gasteiger partial charge in [0, 0.05) is 17.8 Å². The zero-order chi connectivity index (χ0) is 14.5. The number of likely N-dealkylation sites (tertiary alicyclic amines) is 1. The van der Waals surface area contributed by atoms with Crippen LogP contribution in [0.15, 0.2) is 18.2 Å². The molecule has 0 bridgehead atoms. The lowest BCUT2D eigenvalue weighted by Gasteiger charge is -2.31. The molecule has 0 unspecified atom stereocenters. The first-order valence-corrected chi connectivity index (χ1v) is 7.88. The second kappa shape index (κ2) is 7.04. The van der Waals surface area contributed by atoms with Crippen LogP contribution in [-0.2, 0) is 0 Å². The lowest BCUT2D eigenvalue weighted by Crippen LogP contribution is -2.35. The summed E-state index contributed by atoms with van der Waals surface area (Å²) >= 11 is 5.14. The summed E-state index contributed by atoms with van der Waals surface area (Å²) in [6.45, 7) is 8.96. The third-order valence-corrected chi connectivity index (χ3v) is 4.48. The van der Waals surface area contributed by atoms with E-state index in [2.05, 4.69) is 30.1 Å². The Kier molecular flexibility index (Phi) is 5.38. The van der Waals surface area contributed by atoms with Crippen LogP contribution in [0.2, 0.25) is 0 Å². The van der Waals surface area contributed by atoms with Gasteiger partial charge in [-0.15, -0.1) is 0 Å². The van der Waals surface area contributed by atoms with Crippen LogP contribution in [0, 0.1) is 12.8 Å². The first-order chi connectivity index (χ1) is 9.61. The normalized spacial score (nSPS) is 17.1. The number of nitrogens with one attached hydrogen (secondary N) is 1. The van der Waals surface area contributed by atoms with Gasteiger partial charge in [-0.05, 0) is 56.9 Å². The van der Waals surface area contributed by atoms with Crippen LogP contribution >= 0.6 is 12.2 Å². The molecule has 1 aliphatic heterocycles. The van der Waals surface area contributed by atoms with E-state index in [1.54, 1.807) is 0 Å². The molecule has 2 rings (SSSR count). The van der Waals surface area contributed by atoms with E-state index in [0.717, 1.165) is 23.7 Å². The summed E-state index contributed by atoms with van der Waals surface area (Å²) in [6.07, 6.45) is 2.55. The standard InChI is InChI=1S/C16H25N3S/c1-3-19-9-7-13(8-10-19)11-18-15-12(2)5-4-6-14(15)16(17)20/h4-6,13,18H,3,7-11H2,1-2H3,(H2,17,20). The van der Waals surface area contributed by atoms with Crippen LogP contribution in [0.4, 0.5) is 5.69 Å². The number of rotatable bonds is 5. The molecule has 0 saturated carbocycles. The van der Waals surface area contributed by atoms with E-state index in [0.29, 0.717) is 4.99 Å². The monoisotopic (exact) mass is 291 g/mol. The Morgan fingerprint density at radius 1 is 1.40 bits per heavy atom. The summed E-state index contributed by atoms with van der Waals surface area (Å²) in [7, 11) is 0. The van der Waals surface area contributed by atoms with Gasteiger partial charge in [0.05, 0.1) is 0 Å². The minimum absolute atomic E-state index is 0.469. The fraction of sp³-hybridized carbons (Fsp3) is 0.562. The van der Waals surface area contributed by atoms with Gasteiger partial charge < -0.3 is 16.0 Å². The Morgan fingerprint density at radius 3 is 2.70 bits per heavy atom. The van der Waals surface area contributed by atoms with E-state index in [1.807, 2.05) is 12.1 Å². The number of para-hydroxylation sites is 1. The Labute approximate surface area is 127 Å². The predicted molar refractivity (Wildman–Crippen MR) is 90.4 cm³/mol. The number of hydrogen-bond acceptors (Lipinski definition) is 3. The number of anilines is 1. The van der Waals surface area contributed by atoms with E-state index in [1.165, 1.54) is 38.0 Å². The molecular weight excluding hydrogens is 266 g/mol. The molecule has 0 spiro atoms. The Bertz CT molecular complexity index is 465. The zero-order valence-electron chi connectivity index (χ0n) is 12.5. The number of nitrogens with zero attached hydrogens (tertiary/aromatic N) is 1. The van der Waals surface area contributed by atoms with E-state index in [-0.39, 0.29) is 0 Å². The molecule has 0 amide bonds. The Hall–Kier alpha value is -1.13. The van der Waals surface area contributed by atoms with Gasteiger partial charge in [-0.1, -0.05) is 31.3 Å². The van der Waals surface area contributed by atoms with Crippen molar-refractivity contribution in [3.63, 3.8) is 0 Å². The molecule has 0 radical (unpaired) electrons. The van der Waals surface area contributed by atoms with Crippen molar-refractivity contribution >= 4 is 22.9 Å². The number of thiocarbonyl (C=S) groups is 1. The van der Waals surface area contributed by atoms with Gasteiger partial charge in [-0.25, -0.2) is 0 Å². The number of hydrogen-bond donors (Lipinski definition) is 2. The van der Waals surface area contributed by atoms with Gasteiger partial charge in [0.15, 0.2) is 0 Å². The highest BCUT2D eigenvalue weighted by Crippen LogP contribution is 2.23. The molecule has 4 heteroatoms. The van der Waals surface area contributed by atoms with Crippen molar-refractivity contribution in [1.82, 2.24) is 4.90 Å². The van der Waals surface area contributed by atoms with E-state index >= 15 is 0 Å². The summed E-state index contributed by atoms with van der Waals surface area (Å²) in [5.74, 6) is 0.747. The van der Waals surface area contributed by atoms with Gasteiger partial charge in [0.2, 0.25) is 0 Å². The molecule has 1 saturated heterocycles. The molecule has 3 nitrogen and oxygen atoms in total. The van der Waals surface area contributed by atoms with Crippen molar-refractivity contribution in [1.29, 1.82) is 0 Å². The minimum atomic E-state index is 0.469. The zero-order valence-corrected chi connectivity index (χ0v) is 13.3. The first kappa shape index (κ1) is 15.3. The Morgan fingerprint density at radius 2 is 2.10 bits per heavy atom. The SMILES string of the molecule is CCN1CCC(CNc2c(C)cccc2C(N)=S)CC1. The smallest absolute Gasteiger partial charge is 0.106 e. The van der Waals surface area contributed by atoms with Crippen molar-refractivity contribution in [3.05, 3.63) is 29.3 Å². The molecule has 0 aromatic heterocycles. The maximum atomic E-state index is 5.81. The summed E-state index contributed by atoms with van der Waals surface area (Å²) in [5.41, 5.74) is 9.10. The summed E-state index contributed by atoms with van der Waals surface area (Å²) in [6, 6.07) is 6.11. The van der Waals surface area contributed by atoms with Gasteiger partial charge in [-0.2, -0.15) is 0 Å². The number of nitrogens with two attached hydrogens (primary N) is 1. The molecule has 0 aliphatic carbocycles. The summed E-state index contributed by atoms with van der Waals surface area (Å²) in [4.78, 5) is 2.99. The van der Waals surface area contributed by atoms with Gasteiger partial charge >= 0.3 is 0 Å². The second-order valence-electron chi connectivity index (χ2n) is 5.62. The largest absolute Gasteiger partial charge is 0.389 e. The average molecular weight is 291 g/mol. The average Bonchev–Trinajstić information content (AvgIpc) is 2.46. The molecule has 3 N–H and O–H groups in total. The number of aryl methyl sites for hydroxylation is 1. The van der Waals surface area contributed by atoms with Crippen LogP contribution in [0.25, 0.3) is 0 Å². The fourth-order valence-corrected chi connectivity index (χ4v) is 3.03. The molecule has 1 aromatic carbocycles. The maximum Gasteiger partial charge on any atom is 0.106 e. The van der Waals surface area contributed by atoms with E-state index in [9.17, 15) is 0 Å². The van der Waals surface area contributed by atoms with Crippen LogP contribution in [0.3, 0.4) is 0 Å². The van der Waals surface area contributed by atoms with Gasteiger partial charge in [-0.3, -0.25) is 0 Å². The highest BCUT2D eigenvalue weighted by Gasteiger charge is 2.18. The highest BCUT2D eigenvalue weighted by molar-refractivity contribution is 7.80. The third kappa shape index (κ3) is 3.70. The van der Waals surface area contributed by atoms with Crippen LogP contribution in [-0.4, -0.2) is 36.1 Å². The van der Waals surface area contributed by atoms with Crippen molar-refractivity contribution in [2.45, 2.75) is 26.7 Å². The van der Waals surface area contributed by atoms with Crippen molar-refractivity contribution in [2.24, 2.45) is 11.7 Å². The lowest BCUT2D eigenvalue weighted by molar-refractivity contribution is 0.198. The van der Waals surface area contributed by atoms with Gasteiger partial charge in [0.1, 0.15) is 4.99 Å². The molecule has 0 atom stereocenters. The van der Waals surface area contributed by atoms with Crippen molar-refractivity contribution < 1.29 is 0 Å². The fourth-order valence-electron chi connectivity index (χ4n) is 2.86. The lowest BCUT2D eigenvalue weighted by atomic mass is 9.96. The molecule has 1 fully saturated rings. The molecular formula is C16H25N3S. The van der Waals surface area contributed by atoms with Crippen LogP contribution < -0.4 is 11.1 Å². The molecule has 1 aromatic rings. The highest BCUT2D eigenvalue weighted by atomic mass is 32.1. The maximum absolute atomic E-state index is 5.81. The van der Waals surface area contributed by atoms with Crippen LogP contribution in [0.1, 0.15) is 30.9 Å². The third-order valence-electron chi connectivity index (χ3n) is 4.26. The quantitative estimate of drug-likeness (QED) is 0.819. The number of benzene rings is 1. The summed E-state index contributed by atoms with van der Waals surface area (Å²) in [5, 5.41) is 3.58. The molecule has 110 valence electrons. The Balaban J connectivity index is 1.96. The second-order valence-corrected chi connectivity index (χ2v) is 6.06. The van der Waals surface area contributed by atoms with Gasteiger partial charge in [0.25, 0.3) is 0 Å². The molecule has 1 heterocycles. The summed E-state index contributed by atoms with van der Waals surface area (Å²) < 4.78 is 0. The van der Waals surface area contributed by atoms with E-state index < -0.39 is 0 Å². The van der Waals surface area contributed by atoms with Crippen molar-refractivity contribution in [2.75, 3.05) is 31.5 Å². The molecule has 20 heavy (non-hydrogen) atoms. The predicted octanol–water partition coefficient (Wildman–Crippen LogP) is 2.77. The van der Waals surface area contributed by atoms with Crippen LogP contribution in [0.5, 0.6) is 0 Å².